The number of likely N-dealkylation sites (tertiary alicyclic amines) is 1. The number of piperidine rings is 1. The molecule has 1 aromatic heterocycles. The lowest BCUT2D eigenvalue weighted by molar-refractivity contribution is -0.144. The van der Waals surface area contributed by atoms with Crippen molar-refractivity contribution in [3.05, 3.63) is 30.2 Å². The molecule has 1 fully saturated rings. The van der Waals surface area contributed by atoms with Crippen LogP contribution in [0.5, 0.6) is 5.75 Å². The minimum absolute atomic E-state index is 0.123. The predicted octanol–water partition coefficient (Wildman–Crippen LogP) is 3.84. The molecular weight excluding hydrogens is 318 g/mol. The Labute approximate surface area is 148 Å². The van der Waals surface area contributed by atoms with E-state index in [-0.39, 0.29) is 11.9 Å². The third-order valence-corrected chi connectivity index (χ3v) is 4.46. The van der Waals surface area contributed by atoms with Crippen molar-refractivity contribution in [2.75, 3.05) is 13.7 Å². The Morgan fingerprint density at radius 1 is 1.32 bits per heavy atom. The number of carbonyl (C=O) groups excluding carboxylic acids is 1. The summed E-state index contributed by atoms with van der Waals surface area (Å²) in [7, 11) is 1.62. The van der Waals surface area contributed by atoms with Gasteiger partial charge in [0, 0.05) is 17.5 Å². The van der Waals surface area contributed by atoms with Crippen LogP contribution in [0.15, 0.2) is 28.8 Å². The zero-order valence-electron chi connectivity index (χ0n) is 15.3. The van der Waals surface area contributed by atoms with Gasteiger partial charge in [-0.3, -0.25) is 4.79 Å². The largest absolute Gasteiger partial charge is 0.497 e. The van der Waals surface area contributed by atoms with Crippen LogP contribution >= 0.6 is 0 Å². The second-order valence-electron chi connectivity index (χ2n) is 7.45. The van der Waals surface area contributed by atoms with Gasteiger partial charge in [-0.15, -0.1) is 0 Å². The normalized spacial score (nSPS) is 18.2. The summed E-state index contributed by atoms with van der Waals surface area (Å²) in [6, 6.07) is 7.39. The summed E-state index contributed by atoms with van der Waals surface area (Å²) in [5.74, 6) is 1.89. The molecule has 1 aromatic carbocycles. The molecule has 0 spiro atoms. The first-order valence-corrected chi connectivity index (χ1v) is 8.69. The van der Waals surface area contributed by atoms with Gasteiger partial charge in [0.15, 0.2) is 0 Å². The Morgan fingerprint density at radius 3 is 2.84 bits per heavy atom. The maximum Gasteiger partial charge on any atom is 0.249 e. The molecule has 134 valence electrons. The number of methoxy groups -OCH3 is 1. The minimum Gasteiger partial charge on any atom is -0.497 e. The number of benzene rings is 1. The van der Waals surface area contributed by atoms with Crippen molar-refractivity contribution >= 4 is 5.91 Å². The van der Waals surface area contributed by atoms with E-state index in [0.717, 1.165) is 37.1 Å². The molecule has 6 nitrogen and oxygen atoms in total. The Kier molecular flexibility index (Phi) is 4.79. The summed E-state index contributed by atoms with van der Waals surface area (Å²) >= 11 is 0. The lowest BCUT2D eigenvalue weighted by atomic mass is 9.91. The minimum atomic E-state index is -0.425. The van der Waals surface area contributed by atoms with Crippen LogP contribution in [0.25, 0.3) is 11.4 Å². The first kappa shape index (κ1) is 17.5. The van der Waals surface area contributed by atoms with Crippen LogP contribution in [0.2, 0.25) is 0 Å². The Hall–Kier alpha value is -2.37. The molecule has 1 aliphatic heterocycles. The van der Waals surface area contributed by atoms with E-state index in [1.165, 1.54) is 0 Å². The topological polar surface area (TPSA) is 68.5 Å². The van der Waals surface area contributed by atoms with Crippen molar-refractivity contribution < 1.29 is 14.1 Å². The standard InChI is InChI=1S/C19H25N3O3/c1-19(2,3)18(23)22-11-6-5-10-15(22)17-20-16(21-25-17)13-8-7-9-14(12-13)24-4/h7-9,12,15H,5-6,10-11H2,1-4H3/t15-/m1/s1. The fourth-order valence-corrected chi connectivity index (χ4v) is 3.11. The van der Waals surface area contributed by atoms with Crippen LogP contribution < -0.4 is 4.74 Å². The first-order valence-electron chi connectivity index (χ1n) is 8.69. The van der Waals surface area contributed by atoms with Gasteiger partial charge in [0.25, 0.3) is 0 Å². The molecular formula is C19H25N3O3. The van der Waals surface area contributed by atoms with Crippen LogP contribution in [-0.2, 0) is 4.79 Å². The van der Waals surface area contributed by atoms with Crippen molar-refractivity contribution in [3.8, 4) is 17.1 Å². The number of aromatic nitrogens is 2. The molecule has 0 unspecified atom stereocenters. The van der Waals surface area contributed by atoms with E-state index in [4.69, 9.17) is 9.26 Å². The Morgan fingerprint density at radius 2 is 2.12 bits per heavy atom. The van der Waals surface area contributed by atoms with Crippen molar-refractivity contribution in [2.24, 2.45) is 5.41 Å². The van der Waals surface area contributed by atoms with Gasteiger partial charge in [0.1, 0.15) is 11.8 Å². The van der Waals surface area contributed by atoms with Crippen molar-refractivity contribution in [3.63, 3.8) is 0 Å². The van der Waals surface area contributed by atoms with Gasteiger partial charge in [0.2, 0.25) is 17.6 Å². The van der Waals surface area contributed by atoms with Gasteiger partial charge in [-0.2, -0.15) is 4.98 Å². The quantitative estimate of drug-likeness (QED) is 0.847. The van der Waals surface area contributed by atoms with Crippen LogP contribution in [0, 0.1) is 5.41 Å². The molecule has 0 radical (unpaired) electrons. The van der Waals surface area contributed by atoms with E-state index in [0.29, 0.717) is 11.7 Å². The predicted molar refractivity (Wildman–Crippen MR) is 94.0 cm³/mol. The number of hydrogen-bond acceptors (Lipinski definition) is 5. The number of hydrogen-bond donors (Lipinski definition) is 0. The van der Waals surface area contributed by atoms with Gasteiger partial charge in [0.05, 0.1) is 7.11 Å². The van der Waals surface area contributed by atoms with E-state index in [2.05, 4.69) is 10.1 Å². The summed E-state index contributed by atoms with van der Waals surface area (Å²) in [6.45, 7) is 6.56. The number of carbonyl (C=O) groups is 1. The highest BCUT2D eigenvalue weighted by Crippen LogP contribution is 2.34. The molecule has 6 heteroatoms. The highest BCUT2D eigenvalue weighted by molar-refractivity contribution is 5.82. The van der Waals surface area contributed by atoms with Gasteiger partial charge in [-0.1, -0.05) is 38.1 Å². The van der Waals surface area contributed by atoms with Gasteiger partial charge < -0.3 is 14.2 Å². The van der Waals surface area contributed by atoms with Crippen LogP contribution in [0.3, 0.4) is 0 Å². The summed E-state index contributed by atoms with van der Waals surface area (Å²) in [5, 5.41) is 4.11. The average Bonchev–Trinajstić information content (AvgIpc) is 3.10. The highest BCUT2D eigenvalue weighted by atomic mass is 16.5. The molecule has 1 saturated heterocycles. The summed E-state index contributed by atoms with van der Waals surface area (Å²) in [4.78, 5) is 19.2. The van der Waals surface area contributed by atoms with Gasteiger partial charge in [-0.05, 0) is 31.4 Å². The van der Waals surface area contributed by atoms with Crippen LogP contribution in [-0.4, -0.2) is 34.6 Å². The maximum atomic E-state index is 12.8. The second kappa shape index (κ2) is 6.86. The summed E-state index contributed by atoms with van der Waals surface area (Å²) < 4.78 is 10.8. The van der Waals surface area contributed by atoms with Gasteiger partial charge >= 0.3 is 0 Å². The zero-order valence-corrected chi connectivity index (χ0v) is 15.3. The van der Waals surface area contributed by atoms with Gasteiger partial charge in [-0.25, -0.2) is 0 Å². The van der Waals surface area contributed by atoms with Crippen LogP contribution in [0.1, 0.15) is 52.0 Å². The average molecular weight is 343 g/mol. The van der Waals surface area contributed by atoms with E-state index >= 15 is 0 Å². The fourth-order valence-electron chi connectivity index (χ4n) is 3.11. The molecule has 0 aliphatic carbocycles. The molecule has 0 saturated carbocycles. The summed E-state index contributed by atoms with van der Waals surface area (Å²) in [6.07, 6.45) is 2.91. The van der Waals surface area contributed by atoms with E-state index in [1.54, 1.807) is 7.11 Å². The van der Waals surface area contributed by atoms with E-state index in [1.807, 2.05) is 49.9 Å². The Balaban J connectivity index is 1.88. The monoisotopic (exact) mass is 343 g/mol. The van der Waals surface area contributed by atoms with Crippen molar-refractivity contribution in [2.45, 2.75) is 46.1 Å². The number of ether oxygens (including phenoxy) is 1. The summed E-state index contributed by atoms with van der Waals surface area (Å²) in [5.41, 5.74) is 0.407. The Bertz CT molecular complexity index is 748. The third-order valence-electron chi connectivity index (χ3n) is 4.46. The van der Waals surface area contributed by atoms with Crippen molar-refractivity contribution in [1.82, 2.24) is 15.0 Å². The molecule has 2 heterocycles. The van der Waals surface area contributed by atoms with Crippen LogP contribution in [0.4, 0.5) is 0 Å². The van der Waals surface area contributed by atoms with E-state index < -0.39 is 5.41 Å². The molecule has 0 bridgehead atoms. The molecule has 1 aliphatic rings. The number of amides is 1. The zero-order chi connectivity index (χ0) is 18.0. The lowest BCUT2D eigenvalue weighted by Gasteiger charge is -2.37. The van der Waals surface area contributed by atoms with Crippen molar-refractivity contribution in [1.29, 1.82) is 0 Å². The molecule has 1 amide bonds. The maximum absolute atomic E-state index is 12.8. The van der Waals surface area contributed by atoms with E-state index in [9.17, 15) is 4.79 Å². The first-order chi connectivity index (χ1) is 11.9. The third kappa shape index (κ3) is 3.67. The highest BCUT2D eigenvalue weighted by Gasteiger charge is 2.36. The fraction of sp³-hybridized carbons (Fsp3) is 0.526. The smallest absolute Gasteiger partial charge is 0.249 e. The molecule has 2 aromatic rings. The second-order valence-corrected chi connectivity index (χ2v) is 7.45. The molecule has 3 rings (SSSR count). The SMILES string of the molecule is COc1cccc(-c2noc([C@H]3CCCCN3C(=O)C(C)(C)C)n2)c1. The lowest BCUT2D eigenvalue weighted by Crippen LogP contribution is -2.44. The molecule has 1 atom stereocenters. The number of nitrogens with zero attached hydrogens (tertiary/aromatic N) is 3. The number of rotatable bonds is 3. The molecule has 0 N–H and O–H groups in total. The molecule has 25 heavy (non-hydrogen) atoms.